The van der Waals surface area contributed by atoms with E-state index < -0.39 is 5.79 Å². The first-order valence-corrected chi connectivity index (χ1v) is 12.2. The van der Waals surface area contributed by atoms with Crippen LogP contribution in [-0.2, 0) is 21.3 Å². The molecular formula is C27H30N4O3. The Bertz CT molecular complexity index is 1280. The first kappa shape index (κ1) is 21.8. The van der Waals surface area contributed by atoms with Crippen molar-refractivity contribution in [3.05, 3.63) is 53.5 Å². The summed E-state index contributed by atoms with van der Waals surface area (Å²) in [6.07, 6.45) is 5.25. The molecule has 1 saturated carbocycles. The summed E-state index contributed by atoms with van der Waals surface area (Å²) in [5.41, 5.74) is 4.34. The van der Waals surface area contributed by atoms with Crippen LogP contribution >= 0.6 is 0 Å². The number of aliphatic hydroxyl groups is 1. The van der Waals surface area contributed by atoms with E-state index in [0.717, 1.165) is 53.4 Å². The highest BCUT2D eigenvalue weighted by atomic mass is 16.7. The van der Waals surface area contributed by atoms with E-state index in [4.69, 9.17) is 24.9 Å². The maximum absolute atomic E-state index is 9.87. The van der Waals surface area contributed by atoms with Crippen LogP contribution in [0.1, 0.15) is 50.1 Å². The summed E-state index contributed by atoms with van der Waals surface area (Å²) in [5.74, 6) is 0.691. The predicted molar refractivity (Wildman–Crippen MR) is 129 cm³/mol. The zero-order valence-electron chi connectivity index (χ0n) is 19.7. The summed E-state index contributed by atoms with van der Waals surface area (Å²) in [5, 5.41) is 19.4. The summed E-state index contributed by atoms with van der Waals surface area (Å²) in [6.45, 7) is 5.53. The van der Waals surface area contributed by atoms with Crippen LogP contribution in [0.4, 0.5) is 0 Å². The molecule has 0 unspecified atom stereocenters. The van der Waals surface area contributed by atoms with Crippen LogP contribution in [-0.4, -0.2) is 51.4 Å². The van der Waals surface area contributed by atoms with Crippen molar-refractivity contribution in [2.45, 2.75) is 50.7 Å². The Morgan fingerprint density at radius 1 is 1.15 bits per heavy atom. The van der Waals surface area contributed by atoms with Gasteiger partial charge >= 0.3 is 0 Å². The van der Waals surface area contributed by atoms with Gasteiger partial charge in [-0.1, -0.05) is 32.0 Å². The van der Waals surface area contributed by atoms with E-state index >= 15 is 0 Å². The highest BCUT2D eigenvalue weighted by molar-refractivity contribution is 6.00. The molecule has 0 bridgehead atoms. The molecule has 7 heteroatoms. The molecule has 1 spiro atoms. The van der Waals surface area contributed by atoms with Gasteiger partial charge in [-0.3, -0.25) is 4.98 Å². The number of benzene rings is 1. The third-order valence-electron chi connectivity index (χ3n) is 8.47. The average Bonchev–Trinajstić information content (AvgIpc) is 3.35. The average molecular weight is 459 g/mol. The Labute approximate surface area is 199 Å². The normalized spacial score (nSPS) is 27.5. The maximum atomic E-state index is 9.87. The Kier molecular flexibility index (Phi) is 5.06. The van der Waals surface area contributed by atoms with Crippen LogP contribution in [0.5, 0.6) is 0 Å². The standard InChI is InChI=1S/C27H30N4O3/c1-16-20-8-7-19-23(21(28)15-32)30-25(18-9-12-29-22-6-4-3-5-17(18)22)31-24(19)26(20,2)10-11-27(16)33-13-14-34-27/h3-6,9,12,16,20,28,32H,7-8,10-11,13-15H2,1-2H3/t16-,20-,26-/m1/s1. The molecule has 1 aromatic carbocycles. The molecule has 3 atom stereocenters. The lowest BCUT2D eigenvalue weighted by Gasteiger charge is -2.54. The quantitative estimate of drug-likeness (QED) is 0.575. The van der Waals surface area contributed by atoms with E-state index in [2.05, 4.69) is 18.8 Å². The highest BCUT2D eigenvalue weighted by Crippen LogP contribution is 2.57. The summed E-state index contributed by atoms with van der Waals surface area (Å²) >= 11 is 0. The van der Waals surface area contributed by atoms with Crippen LogP contribution < -0.4 is 0 Å². The molecule has 6 rings (SSSR count). The van der Waals surface area contributed by atoms with Crippen molar-refractivity contribution in [3.63, 3.8) is 0 Å². The largest absolute Gasteiger partial charge is 0.390 e. The Hall–Kier alpha value is -2.74. The van der Waals surface area contributed by atoms with Crippen LogP contribution in [0, 0.1) is 17.2 Å². The number of rotatable bonds is 3. The van der Waals surface area contributed by atoms with Gasteiger partial charge in [-0.15, -0.1) is 0 Å². The Morgan fingerprint density at radius 3 is 2.74 bits per heavy atom. The number of hydrogen-bond acceptors (Lipinski definition) is 7. The molecule has 3 aromatic rings. The number of aromatic nitrogens is 3. The molecule has 2 N–H and O–H groups in total. The van der Waals surface area contributed by atoms with Gasteiger partial charge < -0.3 is 20.0 Å². The smallest absolute Gasteiger partial charge is 0.171 e. The van der Waals surface area contributed by atoms with E-state index in [1.165, 1.54) is 0 Å². The molecule has 1 aliphatic heterocycles. The predicted octanol–water partition coefficient (Wildman–Crippen LogP) is 4.05. The number of fused-ring (bicyclic) bond motifs is 4. The first-order valence-electron chi connectivity index (χ1n) is 12.2. The second kappa shape index (κ2) is 7.90. The number of hydrogen-bond donors (Lipinski definition) is 2. The Balaban J connectivity index is 1.54. The van der Waals surface area contributed by atoms with Gasteiger partial charge in [-0.25, -0.2) is 9.97 Å². The first-order chi connectivity index (χ1) is 16.5. The van der Waals surface area contributed by atoms with Gasteiger partial charge in [0.05, 0.1) is 42.4 Å². The van der Waals surface area contributed by atoms with Gasteiger partial charge in [-0.05, 0) is 37.3 Å². The lowest BCUT2D eigenvalue weighted by Crippen LogP contribution is -2.55. The molecule has 34 heavy (non-hydrogen) atoms. The number of ether oxygens (including phenoxy) is 2. The van der Waals surface area contributed by atoms with Gasteiger partial charge in [0.15, 0.2) is 11.6 Å². The molecule has 2 aliphatic carbocycles. The van der Waals surface area contributed by atoms with Crippen molar-refractivity contribution in [2.75, 3.05) is 19.8 Å². The van der Waals surface area contributed by atoms with Gasteiger partial charge in [0.2, 0.25) is 0 Å². The van der Waals surface area contributed by atoms with Crippen molar-refractivity contribution in [1.29, 1.82) is 5.41 Å². The molecule has 3 aliphatic rings. The second-order valence-electron chi connectivity index (χ2n) is 10.1. The van der Waals surface area contributed by atoms with E-state index in [-0.39, 0.29) is 23.7 Å². The minimum Gasteiger partial charge on any atom is -0.390 e. The van der Waals surface area contributed by atoms with Crippen molar-refractivity contribution >= 4 is 16.6 Å². The highest BCUT2D eigenvalue weighted by Gasteiger charge is 2.57. The number of nitrogens with zero attached hydrogens (tertiary/aromatic N) is 3. The molecule has 0 amide bonds. The fourth-order valence-corrected chi connectivity index (χ4v) is 6.67. The van der Waals surface area contributed by atoms with Crippen LogP contribution in [0.3, 0.4) is 0 Å². The molecule has 3 heterocycles. The fourth-order valence-electron chi connectivity index (χ4n) is 6.67. The zero-order valence-corrected chi connectivity index (χ0v) is 19.7. The van der Waals surface area contributed by atoms with Crippen LogP contribution in [0.2, 0.25) is 0 Å². The topological polar surface area (TPSA) is 101 Å². The number of para-hydroxylation sites is 1. The lowest BCUT2D eigenvalue weighted by molar-refractivity contribution is -0.234. The van der Waals surface area contributed by atoms with Crippen LogP contribution in [0.15, 0.2) is 36.5 Å². The van der Waals surface area contributed by atoms with Crippen molar-refractivity contribution < 1.29 is 14.6 Å². The van der Waals surface area contributed by atoms with E-state index in [9.17, 15) is 5.11 Å². The van der Waals surface area contributed by atoms with Crippen molar-refractivity contribution in [1.82, 2.24) is 15.0 Å². The van der Waals surface area contributed by atoms with E-state index in [1.807, 2.05) is 30.3 Å². The van der Waals surface area contributed by atoms with Gasteiger partial charge in [0.25, 0.3) is 0 Å². The van der Waals surface area contributed by atoms with Gasteiger partial charge in [-0.2, -0.15) is 0 Å². The zero-order chi connectivity index (χ0) is 23.5. The molecule has 176 valence electrons. The van der Waals surface area contributed by atoms with Gasteiger partial charge in [0.1, 0.15) is 0 Å². The van der Waals surface area contributed by atoms with Crippen LogP contribution in [0.25, 0.3) is 22.3 Å². The van der Waals surface area contributed by atoms with E-state index in [0.29, 0.717) is 30.7 Å². The number of pyridine rings is 1. The molecule has 7 nitrogen and oxygen atoms in total. The number of nitrogens with one attached hydrogen (secondary N) is 1. The molecule has 1 saturated heterocycles. The second-order valence-corrected chi connectivity index (χ2v) is 10.1. The van der Waals surface area contributed by atoms with E-state index in [1.54, 1.807) is 6.20 Å². The summed E-state index contributed by atoms with van der Waals surface area (Å²) in [7, 11) is 0. The third-order valence-corrected chi connectivity index (χ3v) is 8.47. The van der Waals surface area contributed by atoms with Crippen molar-refractivity contribution in [2.24, 2.45) is 11.8 Å². The molecule has 2 aromatic heterocycles. The summed E-state index contributed by atoms with van der Waals surface area (Å²) < 4.78 is 12.3. The molecule has 0 radical (unpaired) electrons. The SMILES string of the molecule is C[C@@H]1[C@H]2CCc3c(C(=N)CO)nc(-c4ccnc5ccccc45)nc3[C@]2(C)CCC12OCCO2. The fraction of sp³-hybridized carbons (Fsp3) is 0.481. The number of aliphatic hydroxyl groups excluding tert-OH is 1. The minimum absolute atomic E-state index is 0.142. The maximum Gasteiger partial charge on any atom is 0.171 e. The van der Waals surface area contributed by atoms with Gasteiger partial charge in [0, 0.05) is 40.5 Å². The minimum atomic E-state index is -0.487. The third kappa shape index (κ3) is 3.07. The summed E-state index contributed by atoms with van der Waals surface area (Å²) in [6, 6.07) is 9.91. The lowest BCUT2D eigenvalue weighted by atomic mass is 9.54. The molecule has 2 fully saturated rings. The molecular weight excluding hydrogens is 428 g/mol. The van der Waals surface area contributed by atoms with Crippen molar-refractivity contribution in [3.8, 4) is 11.4 Å². The summed E-state index contributed by atoms with van der Waals surface area (Å²) in [4.78, 5) is 14.6. The monoisotopic (exact) mass is 458 g/mol. The Morgan fingerprint density at radius 2 is 1.94 bits per heavy atom.